The Bertz CT molecular complexity index is 845. The third kappa shape index (κ3) is 4.97. The van der Waals surface area contributed by atoms with E-state index in [1.54, 1.807) is 36.4 Å². The molecule has 0 aliphatic carbocycles. The van der Waals surface area contributed by atoms with Crippen molar-refractivity contribution in [3.8, 4) is 17.2 Å². The third-order valence-corrected chi connectivity index (χ3v) is 3.37. The van der Waals surface area contributed by atoms with Crippen molar-refractivity contribution in [2.45, 2.75) is 0 Å². The number of nitro benzene ring substituents is 1. The first kappa shape index (κ1) is 18.8. The zero-order valence-corrected chi connectivity index (χ0v) is 14.2. The van der Waals surface area contributed by atoms with Crippen LogP contribution in [0.2, 0.25) is 0 Å². The predicted molar refractivity (Wildman–Crippen MR) is 94.7 cm³/mol. The van der Waals surface area contributed by atoms with E-state index in [4.69, 9.17) is 19.3 Å². The van der Waals surface area contributed by atoms with E-state index in [9.17, 15) is 14.9 Å². The van der Waals surface area contributed by atoms with Crippen LogP contribution in [0.3, 0.4) is 0 Å². The van der Waals surface area contributed by atoms with E-state index in [1.807, 2.05) is 0 Å². The molecule has 2 aromatic rings. The number of aliphatic carboxylic acids is 1. The number of hydrogen-bond acceptors (Lipinski definition) is 6. The fraction of sp³-hybridized carbons (Fsp3) is 0.167. The molecule has 0 heterocycles. The number of ether oxygens (including phenoxy) is 3. The lowest BCUT2D eigenvalue weighted by molar-refractivity contribution is -0.385. The van der Waals surface area contributed by atoms with Gasteiger partial charge in [0.05, 0.1) is 19.1 Å². The van der Waals surface area contributed by atoms with Gasteiger partial charge >= 0.3 is 11.7 Å². The van der Waals surface area contributed by atoms with Gasteiger partial charge in [-0.1, -0.05) is 18.2 Å². The summed E-state index contributed by atoms with van der Waals surface area (Å²) in [4.78, 5) is 21.2. The Kier molecular flexibility index (Phi) is 6.15. The van der Waals surface area contributed by atoms with Crippen LogP contribution in [0.4, 0.5) is 5.69 Å². The first-order valence-corrected chi connectivity index (χ1v) is 7.47. The lowest BCUT2D eigenvalue weighted by Crippen LogP contribution is -2.09. The van der Waals surface area contributed by atoms with Gasteiger partial charge in [-0.2, -0.15) is 0 Å². The minimum Gasteiger partial charge on any atom is -0.497 e. The number of rotatable bonds is 8. The Labute approximate surface area is 149 Å². The second kappa shape index (κ2) is 8.52. The van der Waals surface area contributed by atoms with Crippen LogP contribution in [-0.2, 0) is 4.79 Å². The van der Waals surface area contributed by atoms with E-state index in [-0.39, 0.29) is 11.4 Å². The quantitative estimate of drug-likeness (QED) is 0.438. The maximum absolute atomic E-state index is 11.1. The first-order valence-electron chi connectivity index (χ1n) is 7.47. The molecule has 1 N–H and O–H groups in total. The maximum atomic E-state index is 11.1. The largest absolute Gasteiger partial charge is 0.497 e. The molecule has 0 radical (unpaired) electrons. The van der Waals surface area contributed by atoms with E-state index >= 15 is 0 Å². The predicted octanol–water partition coefficient (Wildman–Crippen LogP) is 3.25. The van der Waals surface area contributed by atoms with Gasteiger partial charge in [-0.15, -0.1) is 0 Å². The molecule has 2 rings (SSSR count). The molecule has 0 saturated heterocycles. The van der Waals surface area contributed by atoms with Gasteiger partial charge in [0.15, 0.2) is 12.4 Å². The molecule has 0 saturated carbocycles. The number of nitrogens with zero attached hydrogens (tertiary/aromatic N) is 1. The number of methoxy groups -OCH3 is 2. The molecular formula is C18H17NO7. The summed E-state index contributed by atoms with van der Waals surface area (Å²) in [5, 5.41) is 19.8. The fourth-order valence-electron chi connectivity index (χ4n) is 2.18. The highest BCUT2D eigenvalue weighted by molar-refractivity contribution is 5.73. The van der Waals surface area contributed by atoms with Gasteiger partial charge in [-0.05, 0) is 29.3 Å². The van der Waals surface area contributed by atoms with Crippen LogP contribution < -0.4 is 14.2 Å². The molecule has 8 nitrogen and oxygen atoms in total. The standard InChI is InChI=1S/C18H17NO7/c1-24-14-7-13(8-15(10-14)26-11-18(20)21)4-3-12-5-6-17(25-2)16(9-12)19(22)23/h3-10H,11H2,1-2H3,(H,20,21)/b4-3-. The molecule has 0 fully saturated rings. The highest BCUT2D eigenvalue weighted by Gasteiger charge is 2.14. The van der Waals surface area contributed by atoms with Crippen LogP contribution in [0.1, 0.15) is 11.1 Å². The van der Waals surface area contributed by atoms with E-state index in [2.05, 4.69) is 0 Å². The lowest BCUT2D eigenvalue weighted by atomic mass is 10.1. The molecule has 2 aromatic carbocycles. The van der Waals surface area contributed by atoms with Crippen molar-refractivity contribution in [2.75, 3.05) is 20.8 Å². The Morgan fingerprint density at radius 2 is 1.77 bits per heavy atom. The zero-order chi connectivity index (χ0) is 19.1. The summed E-state index contributed by atoms with van der Waals surface area (Å²) in [7, 11) is 2.85. The van der Waals surface area contributed by atoms with Gasteiger partial charge in [0, 0.05) is 12.1 Å². The monoisotopic (exact) mass is 359 g/mol. The van der Waals surface area contributed by atoms with Crippen molar-refractivity contribution >= 4 is 23.8 Å². The first-order chi connectivity index (χ1) is 12.4. The molecular weight excluding hydrogens is 342 g/mol. The topological polar surface area (TPSA) is 108 Å². The average Bonchev–Trinajstić information content (AvgIpc) is 2.64. The SMILES string of the molecule is COc1cc(/C=C\c2ccc(OC)c([N+](=O)[O-])c2)cc(OCC(=O)O)c1. The highest BCUT2D eigenvalue weighted by Crippen LogP contribution is 2.29. The molecule has 0 spiro atoms. The van der Waals surface area contributed by atoms with Crippen LogP contribution >= 0.6 is 0 Å². The number of hydrogen-bond donors (Lipinski definition) is 1. The zero-order valence-electron chi connectivity index (χ0n) is 14.2. The van der Waals surface area contributed by atoms with Crippen LogP contribution in [0.5, 0.6) is 17.2 Å². The normalized spacial score (nSPS) is 10.5. The average molecular weight is 359 g/mol. The van der Waals surface area contributed by atoms with Crippen molar-refractivity contribution < 1.29 is 29.0 Å². The lowest BCUT2D eigenvalue weighted by Gasteiger charge is -2.08. The van der Waals surface area contributed by atoms with Crippen molar-refractivity contribution in [2.24, 2.45) is 0 Å². The highest BCUT2D eigenvalue weighted by atomic mass is 16.6. The molecule has 0 bridgehead atoms. The number of nitro groups is 1. The van der Waals surface area contributed by atoms with Crippen LogP contribution in [-0.4, -0.2) is 36.8 Å². The van der Waals surface area contributed by atoms with E-state index < -0.39 is 17.5 Å². The van der Waals surface area contributed by atoms with E-state index in [1.165, 1.54) is 26.4 Å². The van der Waals surface area contributed by atoms with Crippen molar-refractivity contribution in [3.05, 3.63) is 57.6 Å². The molecule has 0 atom stereocenters. The minimum atomic E-state index is -1.09. The van der Waals surface area contributed by atoms with Gasteiger partial charge in [0.25, 0.3) is 0 Å². The van der Waals surface area contributed by atoms with Gasteiger partial charge in [-0.25, -0.2) is 4.79 Å². The van der Waals surface area contributed by atoms with Crippen LogP contribution in [0.15, 0.2) is 36.4 Å². The van der Waals surface area contributed by atoms with Gasteiger partial charge in [-0.3, -0.25) is 10.1 Å². The molecule has 0 aliphatic rings. The Morgan fingerprint density at radius 1 is 1.08 bits per heavy atom. The second-order valence-corrected chi connectivity index (χ2v) is 5.15. The summed E-state index contributed by atoms with van der Waals surface area (Å²) in [5.74, 6) is -0.0753. The fourth-order valence-corrected chi connectivity index (χ4v) is 2.18. The van der Waals surface area contributed by atoms with Crippen molar-refractivity contribution in [1.29, 1.82) is 0 Å². The number of benzene rings is 2. The summed E-state index contributed by atoms with van der Waals surface area (Å²) in [6.07, 6.45) is 3.39. The Morgan fingerprint density at radius 3 is 2.38 bits per heavy atom. The van der Waals surface area contributed by atoms with Crippen LogP contribution in [0.25, 0.3) is 12.2 Å². The molecule has 136 valence electrons. The summed E-state index contributed by atoms with van der Waals surface area (Å²) in [6.45, 7) is -0.471. The molecule has 8 heteroatoms. The van der Waals surface area contributed by atoms with Gasteiger partial charge in [0.2, 0.25) is 0 Å². The van der Waals surface area contributed by atoms with Crippen LogP contribution in [0, 0.1) is 10.1 Å². The minimum absolute atomic E-state index is 0.134. The molecule has 0 aliphatic heterocycles. The summed E-state index contributed by atoms with van der Waals surface area (Å²) >= 11 is 0. The second-order valence-electron chi connectivity index (χ2n) is 5.15. The number of carboxylic acids is 1. The van der Waals surface area contributed by atoms with Crippen molar-refractivity contribution in [1.82, 2.24) is 0 Å². The van der Waals surface area contributed by atoms with Crippen molar-refractivity contribution in [3.63, 3.8) is 0 Å². The number of carbonyl (C=O) groups is 1. The number of carboxylic acid groups (broad SMARTS) is 1. The Balaban J connectivity index is 2.29. The van der Waals surface area contributed by atoms with E-state index in [0.717, 1.165) is 0 Å². The van der Waals surface area contributed by atoms with Gasteiger partial charge in [0.1, 0.15) is 11.5 Å². The Hall–Kier alpha value is -3.55. The van der Waals surface area contributed by atoms with E-state index in [0.29, 0.717) is 22.6 Å². The smallest absolute Gasteiger partial charge is 0.341 e. The van der Waals surface area contributed by atoms with Gasteiger partial charge < -0.3 is 19.3 Å². The molecule has 0 unspecified atom stereocenters. The summed E-state index contributed by atoms with van der Waals surface area (Å²) in [6, 6.07) is 9.53. The summed E-state index contributed by atoms with van der Waals surface area (Å²) < 4.78 is 15.3. The molecule has 0 amide bonds. The summed E-state index contributed by atoms with van der Waals surface area (Å²) in [5.41, 5.74) is 1.15. The third-order valence-electron chi connectivity index (χ3n) is 3.37. The maximum Gasteiger partial charge on any atom is 0.341 e. The molecule has 0 aromatic heterocycles. The molecule has 26 heavy (non-hydrogen) atoms.